The van der Waals surface area contributed by atoms with E-state index in [9.17, 15) is 9.90 Å². The number of benzene rings is 1. The highest BCUT2D eigenvalue weighted by Gasteiger charge is 2.24. The van der Waals surface area contributed by atoms with E-state index in [-0.39, 0.29) is 5.75 Å². The Morgan fingerprint density at radius 1 is 1.23 bits per heavy atom. The Morgan fingerprint density at radius 2 is 1.91 bits per heavy atom. The number of carbonyl (C=O) groups excluding carboxylic acids is 1. The highest BCUT2D eigenvalue weighted by molar-refractivity contribution is 7.13. The van der Waals surface area contributed by atoms with Crippen molar-refractivity contribution in [2.45, 2.75) is 13.8 Å². The van der Waals surface area contributed by atoms with Crippen molar-refractivity contribution in [2.24, 2.45) is 5.73 Å². The normalized spacial score (nSPS) is 10.8. The molecule has 0 spiro atoms. The van der Waals surface area contributed by atoms with Gasteiger partial charge < -0.3 is 15.4 Å². The van der Waals surface area contributed by atoms with E-state index in [0.29, 0.717) is 16.3 Å². The summed E-state index contributed by atoms with van der Waals surface area (Å²) in [4.78, 5) is 12.2. The topological polar surface area (TPSA) is 89.3 Å². The van der Waals surface area contributed by atoms with Crippen molar-refractivity contribution in [1.82, 2.24) is 5.16 Å². The summed E-state index contributed by atoms with van der Waals surface area (Å²) < 4.78 is 5.23. The van der Waals surface area contributed by atoms with Gasteiger partial charge in [-0.3, -0.25) is 4.79 Å². The smallest absolute Gasteiger partial charge is 0.259 e. The van der Waals surface area contributed by atoms with Gasteiger partial charge in [-0.1, -0.05) is 17.3 Å². The Balaban J connectivity index is 2.29. The molecule has 3 rings (SSSR count). The number of hydrogen-bond donors (Lipinski definition) is 2. The first kappa shape index (κ1) is 14.3. The van der Waals surface area contributed by atoms with Crippen molar-refractivity contribution in [3.63, 3.8) is 0 Å². The predicted octanol–water partition coefficient (Wildman–Crippen LogP) is 3.49. The summed E-state index contributed by atoms with van der Waals surface area (Å²) in [5.41, 5.74) is 9.50. The number of carbonyl (C=O) groups is 1. The summed E-state index contributed by atoms with van der Waals surface area (Å²) in [5.74, 6) is 0.344. The number of phenols is 1. The fourth-order valence-electron chi connectivity index (χ4n) is 2.48. The highest BCUT2D eigenvalue weighted by atomic mass is 32.1. The molecule has 0 aliphatic heterocycles. The van der Waals surface area contributed by atoms with E-state index in [2.05, 4.69) is 5.16 Å². The minimum absolute atomic E-state index is 0.188. The van der Waals surface area contributed by atoms with E-state index in [1.54, 1.807) is 31.2 Å². The lowest BCUT2D eigenvalue weighted by atomic mass is 9.95. The molecule has 5 nitrogen and oxygen atoms in total. The minimum atomic E-state index is -0.481. The van der Waals surface area contributed by atoms with Crippen LogP contribution in [0.3, 0.4) is 0 Å². The summed E-state index contributed by atoms with van der Waals surface area (Å²) in [6.07, 6.45) is 0. The molecule has 0 atom stereocenters. The fourth-order valence-corrected chi connectivity index (χ4v) is 3.42. The number of rotatable bonds is 3. The number of nitrogens with zero attached hydrogens (tertiary/aromatic N) is 1. The van der Waals surface area contributed by atoms with Gasteiger partial charge in [-0.2, -0.15) is 0 Å². The van der Waals surface area contributed by atoms with Crippen molar-refractivity contribution < 1.29 is 14.4 Å². The molecule has 3 N–H and O–H groups in total. The molecule has 112 valence electrons. The molecule has 22 heavy (non-hydrogen) atoms. The number of nitrogens with two attached hydrogens (primary N) is 1. The average Bonchev–Trinajstić information content (AvgIpc) is 3.03. The lowest BCUT2D eigenvalue weighted by Gasteiger charge is -2.06. The SMILES string of the molecule is Cc1noc(C)c1-c1c(-c2ccc(O)cc2)csc1C(N)=O. The van der Waals surface area contributed by atoms with Gasteiger partial charge in [0.1, 0.15) is 16.4 Å². The van der Waals surface area contributed by atoms with Gasteiger partial charge in [0.15, 0.2) is 0 Å². The molecular formula is C16H14N2O3S. The Bertz CT molecular complexity index is 827. The number of aromatic nitrogens is 1. The highest BCUT2D eigenvalue weighted by Crippen LogP contribution is 2.42. The number of thiophene rings is 1. The molecule has 0 radical (unpaired) electrons. The zero-order valence-electron chi connectivity index (χ0n) is 12.1. The van der Waals surface area contributed by atoms with Crippen LogP contribution >= 0.6 is 11.3 Å². The molecule has 2 heterocycles. The molecule has 0 fully saturated rings. The Labute approximate surface area is 131 Å². The van der Waals surface area contributed by atoms with E-state index in [1.165, 1.54) is 11.3 Å². The Kier molecular flexibility index (Phi) is 3.46. The van der Waals surface area contributed by atoms with Crippen LogP contribution in [0.4, 0.5) is 0 Å². The molecule has 0 aliphatic carbocycles. The number of hydrogen-bond acceptors (Lipinski definition) is 5. The van der Waals surface area contributed by atoms with E-state index in [4.69, 9.17) is 10.3 Å². The molecule has 2 aromatic heterocycles. The Morgan fingerprint density at radius 3 is 2.45 bits per heavy atom. The van der Waals surface area contributed by atoms with E-state index >= 15 is 0 Å². The number of primary amides is 1. The Hall–Kier alpha value is -2.60. The monoisotopic (exact) mass is 314 g/mol. The van der Waals surface area contributed by atoms with Gasteiger partial charge in [0.2, 0.25) is 0 Å². The van der Waals surface area contributed by atoms with Gasteiger partial charge in [-0.05, 0) is 31.5 Å². The van der Waals surface area contributed by atoms with E-state index in [1.807, 2.05) is 12.3 Å². The second-order valence-electron chi connectivity index (χ2n) is 4.96. The van der Waals surface area contributed by atoms with Gasteiger partial charge >= 0.3 is 0 Å². The molecule has 0 saturated heterocycles. The lowest BCUT2D eigenvalue weighted by Crippen LogP contribution is -2.10. The molecule has 3 aromatic rings. The third kappa shape index (κ3) is 2.27. The van der Waals surface area contributed by atoms with Gasteiger partial charge in [0.05, 0.1) is 5.69 Å². The van der Waals surface area contributed by atoms with Crippen molar-refractivity contribution >= 4 is 17.2 Å². The van der Waals surface area contributed by atoms with E-state index < -0.39 is 5.91 Å². The van der Waals surface area contributed by atoms with Crippen molar-refractivity contribution in [3.8, 4) is 28.0 Å². The minimum Gasteiger partial charge on any atom is -0.508 e. The maximum absolute atomic E-state index is 11.8. The lowest BCUT2D eigenvalue weighted by molar-refractivity contribution is 0.100. The van der Waals surface area contributed by atoms with Crippen LogP contribution in [0.15, 0.2) is 34.2 Å². The van der Waals surface area contributed by atoms with Crippen molar-refractivity contribution in [1.29, 1.82) is 0 Å². The van der Waals surface area contributed by atoms with Gasteiger partial charge in [-0.25, -0.2) is 0 Å². The quantitative estimate of drug-likeness (QED) is 0.774. The first-order chi connectivity index (χ1) is 10.5. The molecule has 0 bridgehead atoms. The largest absolute Gasteiger partial charge is 0.508 e. The molecule has 0 aliphatic rings. The second kappa shape index (κ2) is 5.31. The summed E-state index contributed by atoms with van der Waals surface area (Å²) in [6, 6.07) is 6.80. The molecule has 0 saturated carbocycles. The van der Waals surface area contributed by atoms with Crippen LogP contribution in [0, 0.1) is 13.8 Å². The number of amides is 1. The van der Waals surface area contributed by atoms with Gasteiger partial charge in [0, 0.05) is 22.1 Å². The van der Waals surface area contributed by atoms with Crippen LogP contribution in [0.5, 0.6) is 5.75 Å². The van der Waals surface area contributed by atoms with Crippen LogP contribution in [0.25, 0.3) is 22.3 Å². The first-order valence-electron chi connectivity index (χ1n) is 6.63. The number of aryl methyl sites for hydroxylation is 2. The number of phenolic OH excluding ortho intramolecular Hbond substituents is 1. The maximum Gasteiger partial charge on any atom is 0.259 e. The standard InChI is InChI=1S/C16H14N2O3S/c1-8-13(9(2)21-18-8)14-12(7-22-15(14)16(17)20)10-3-5-11(19)6-4-10/h3-7,19H,1-2H3,(H2,17,20). The fraction of sp³-hybridized carbons (Fsp3) is 0.125. The van der Waals surface area contributed by atoms with Gasteiger partial charge in [-0.15, -0.1) is 11.3 Å². The van der Waals surface area contributed by atoms with Crippen LogP contribution in [-0.4, -0.2) is 16.2 Å². The maximum atomic E-state index is 11.8. The van der Waals surface area contributed by atoms with Crippen molar-refractivity contribution in [2.75, 3.05) is 0 Å². The zero-order chi connectivity index (χ0) is 15.9. The van der Waals surface area contributed by atoms with Crippen molar-refractivity contribution in [3.05, 3.63) is 46.0 Å². The summed E-state index contributed by atoms with van der Waals surface area (Å²) in [6.45, 7) is 3.63. The second-order valence-corrected chi connectivity index (χ2v) is 5.84. The molecule has 6 heteroatoms. The van der Waals surface area contributed by atoms with E-state index in [0.717, 1.165) is 22.3 Å². The molecule has 0 unspecified atom stereocenters. The molecule has 1 amide bonds. The van der Waals surface area contributed by atoms with Crippen LogP contribution in [-0.2, 0) is 0 Å². The summed E-state index contributed by atoms with van der Waals surface area (Å²) in [5, 5.41) is 15.3. The average molecular weight is 314 g/mol. The molecule has 1 aromatic carbocycles. The van der Waals surface area contributed by atoms with Crippen LogP contribution < -0.4 is 5.73 Å². The summed E-state index contributed by atoms with van der Waals surface area (Å²) >= 11 is 1.29. The third-order valence-electron chi connectivity index (χ3n) is 3.48. The summed E-state index contributed by atoms with van der Waals surface area (Å²) in [7, 11) is 0. The van der Waals surface area contributed by atoms with Crippen LogP contribution in [0.1, 0.15) is 21.1 Å². The molecular weight excluding hydrogens is 300 g/mol. The van der Waals surface area contributed by atoms with Gasteiger partial charge in [0.25, 0.3) is 5.91 Å². The van der Waals surface area contributed by atoms with Crippen LogP contribution in [0.2, 0.25) is 0 Å². The predicted molar refractivity (Wildman–Crippen MR) is 84.9 cm³/mol. The zero-order valence-corrected chi connectivity index (χ0v) is 12.9. The third-order valence-corrected chi connectivity index (χ3v) is 4.47. The first-order valence-corrected chi connectivity index (χ1v) is 7.51. The number of aromatic hydroxyl groups is 1.